The molecule has 3 nitrogen and oxygen atoms in total. The number of aromatic nitrogens is 2. The molecule has 0 saturated carbocycles. The van der Waals surface area contributed by atoms with Crippen molar-refractivity contribution in [3.63, 3.8) is 0 Å². The Balaban J connectivity index is 2.49. The molecule has 0 spiro atoms. The molecule has 2 heterocycles. The maximum atomic E-state index is 13.6. The predicted octanol–water partition coefficient (Wildman–Crippen LogP) is 2.43. The molecule has 0 aromatic carbocycles. The van der Waals surface area contributed by atoms with E-state index in [-0.39, 0.29) is 5.82 Å². The van der Waals surface area contributed by atoms with Crippen LogP contribution in [0.25, 0.3) is 10.6 Å². The number of halogens is 1. The third-order valence-corrected chi connectivity index (χ3v) is 3.51. The summed E-state index contributed by atoms with van der Waals surface area (Å²) in [6, 6.07) is 3.87. The van der Waals surface area contributed by atoms with Crippen LogP contribution in [0.2, 0.25) is 0 Å². The first-order chi connectivity index (χ1) is 7.13. The third kappa shape index (κ3) is 1.63. The summed E-state index contributed by atoms with van der Waals surface area (Å²) >= 11 is 1.55. The van der Waals surface area contributed by atoms with E-state index in [9.17, 15) is 4.39 Å². The number of hydrogen-bond acceptors (Lipinski definition) is 3. The minimum absolute atomic E-state index is 0.0800. The Bertz CT molecular complexity index is 487. The molecule has 0 unspecified atom stereocenters. The molecule has 2 aromatic heterocycles. The van der Waals surface area contributed by atoms with E-state index in [1.165, 1.54) is 9.56 Å². The van der Waals surface area contributed by atoms with Gasteiger partial charge in [0.2, 0.25) is 0 Å². The quantitative estimate of drug-likeness (QED) is 0.853. The van der Waals surface area contributed by atoms with E-state index in [1.54, 1.807) is 18.4 Å². The topological polar surface area (TPSA) is 43.8 Å². The van der Waals surface area contributed by atoms with Crippen molar-refractivity contribution in [2.24, 2.45) is 7.05 Å². The van der Waals surface area contributed by atoms with Crippen LogP contribution < -0.4 is 5.73 Å². The van der Waals surface area contributed by atoms with Crippen LogP contribution in [0.5, 0.6) is 0 Å². The SMILES string of the molecule is CCc1ccc(-c2nn(C)c(N)c2F)s1. The summed E-state index contributed by atoms with van der Waals surface area (Å²) < 4.78 is 15.0. The van der Waals surface area contributed by atoms with Gasteiger partial charge in [-0.2, -0.15) is 5.10 Å². The molecule has 0 aliphatic heterocycles. The number of thiophene rings is 1. The van der Waals surface area contributed by atoms with Crippen LogP contribution in [0.15, 0.2) is 12.1 Å². The number of rotatable bonds is 2. The highest BCUT2D eigenvalue weighted by Crippen LogP contribution is 2.31. The smallest absolute Gasteiger partial charge is 0.193 e. The fraction of sp³-hybridized carbons (Fsp3) is 0.300. The second kappa shape index (κ2) is 3.66. The van der Waals surface area contributed by atoms with Gasteiger partial charge in [0, 0.05) is 11.9 Å². The summed E-state index contributed by atoms with van der Waals surface area (Å²) in [4.78, 5) is 2.05. The number of nitrogens with two attached hydrogens (primary N) is 1. The van der Waals surface area contributed by atoms with Crippen LogP contribution in [0.1, 0.15) is 11.8 Å². The lowest BCUT2D eigenvalue weighted by molar-refractivity contribution is 0.634. The van der Waals surface area contributed by atoms with Gasteiger partial charge in [0.15, 0.2) is 11.6 Å². The molecule has 80 valence electrons. The van der Waals surface area contributed by atoms with Crippen molar-refractivity contribution in [2.75, 3.05) is 5.73 Å². The molecular formula is C10H12FN3S. The molecule has 0 amide bonds. The van der Waals surface area contributed by atoms with Crippen molar-refractivity contribution in [2.45, 2.75) is 13.3 Å². The number of nitrogen functional groups attached to an aromatic ring is 1. The van der Waals surface area contributed by atoms with Crippen molar-refractivity contribution in [3.05, 3.63) is 22.8 Å². The van der Waals surface area contributed by atoms with Crippen LogP contribution in [0.3, 0.4) is 0 Å². The summed E-state index contributed by atoms with van der Waals surface area (Å²) in [5.41, 5.74) is 5.86. The zero-order valence-electron chi connectivity index (χ0n) is 8.62. The molecule has 2 rings (SSSR count). The molecule has 0 radical (unpaired) electrons. The van der Waals surface area contributed by atoms with E-state index in [1.807, 2.05) is 12.1 Å². The molecule has 0 bridgehead atoms. The average Bonchev–Trinajstić information content (AvgIpc) is 2.79. The van der Waals surface area contributed by atoms with Gasteiger partial charge in [0.1, 0.15) is 5.69 Å². The van der Waals surface area contributed by atoms with Gasteiger partial charge in [-0.25, -0.2) is 9.07 Å². The summed E-state index contributed by atoms with van der Waals surface area (Å²) in [5.74, 6) is -0.349. The van der Waals surface area contributed by atoms with Crippen molar-refractivity contribution in [1.82, 2.24) is 9.78 Å². The van der Waals surface area contributed by atoms with Crippen LogP contribution >= 0.6 is 11.3 Å². The van der Waals surface area contributed by atoms with Gasteiger partial charge in [-0.15, -0.1) is 11.3 Å². The zero-order chi connectivity index (χ0) is 11.0. The van der Waals surface area contributed by atoms with E-state index >= 15 is 0 Å². The van der Waals surface area contributed by atoms with Crippen LogP contribution in [0, 0.1) is 5.82 Å². The van der Waals surface area contributed by atoms with E-state index in [0.717, 1.165) is 11.3 Å². The standard InChI is InChI=1S/C10H12FN3S/c1-3-6-4-5-7(15-6)9-8(11)10(12)14(2)13-9/h4-5H,3,12H2,1-2H3. The molecule has 2 N–H and O–H groups in total. The van der Waals surface area contributed by atoms with E-state index in [4.69, 9.17) is 5.73 Å². The first-order valence-corrected chi connectivity index (χ1v) is 5.52. The van der Waals surface area contributed by atoms with E-state index in [0.29, 0.717) is 5.69 Å². The Morgan fingerprint density at radius 3 is 2.73 bits per heavy atom. The Labute approximate surface area is 91.3 Å². The van der Waals surface area contributed by atoms with Gasteiger partial charge in [-0.05, 0) is 18.6 Å². The largest absolute Gasteiger partial charge is 0.381 e. The fourth-order valence-corrected chi connectivity index (χ4v) is 2.29. The molecule has 5 heteroatoms. The summed E-state index contributed by atoms with van der Waals surface area (Å²) in [7, 11) is 1.64. The number of nitrogens with zero attached hydrogens (tertiary/aromatic N) is 2. The highest BCUT2D eigenvalue weighted by molar-refractivity contribution is 7.15. The Morgan fingerprint density at radius 2 is 2.27 bits per heavy atom. The van der Waals surface area contributed by atoms with Gasteiger partial charge in [0.25, 0.3) is 0 Å². The minimum Gasteiger partial charge on any atom is -0.381 e. The summed E-state index contributed by atoms with van der Waals surface area (Å²) in [6.07, 6.45) is 0.953. The van der Waals surface area contributed by atoms with Crippen molar-refractivity contribution in [3.8, 4) is 10.6 Å². The van der Waals surface area contributed by atoms with Gasteiger partial charge >= 0.3 is 0 Å². The van der Waals surface area contributed by atoms with E-state index in [2.05, 4.69) is 12.0 Å². The lowest BCUT2D eigenvalue weighted by Gasteiger charge is -1.89. The number of aryl methyl sites for hydroxylation is 2. The Hall–Kier alpha value is -1.36. The molecule has 0 aliphatic rings. The maximum absolute atomic E-state index is 13.6. The van der Waals surface area contributed by atoms with Gasteiger partial charge < -0.3 is 5.73 Å². The number of hydrogen-bond donors (Lipinski definition) is 1. The summed E-state index contributed by atoms with van der Waals surface area (Å²) in [6.45, 7) is 2.07. The van der Waals surface area contributed by atoms with Crippen LogP contribution in [-0.2, 0) is 13.5 Å². The average molecular weight is 225 g/mol. The predicted molar refractivity (Wildman–Crippen MR) is 60.3 cm³/mol. The van der Waals surface area contributed by atoms with Crippen LogP contribution in [0.4, 0.5) is 10.2 Å². The molecule has 15 heavy (non-hydrogen) atoms. The third-order valence-electron chi connectivity index (χ3n) is 2.27. The normalized spacial score (nSPS) is 10.9. The maximum Gasteiger partial charge on any atom is 0.193 e. The molecule has 2 aromatic rings. The first-order valence-electron chi connectivity index (χ1n) is 4.70. The molecular weight excluding hydrogens is 213 g/mol. The van der Waals surface area contributed by atoms with Crippen molar-refractivity contribution >= 4 is 17.2 Å². The molecule has 0 aliphatic carbocycles. The second-order valence-electron chi connectivity index (χ2n) is 3.29. The fourth-order valence-electron chi connectivity index (χ4n) is 1.36. The van der Waals surface area contributed by atoms with Crippen molar-refractivity contribution < 1.29 is 4.39 Å². The van der Waals surface area contributed by atoms with Crippen LogP contribution in [-0.4, -0.2) is 9.78 Å². The van der Waals surface area contributed by atoms with E-state index < -0.39 is 5.82 Å². The zero-order valence-corrected chi connectivity index (χ0v) is 9.44. The Kier molecular flexibility index (Phi) is 2.48. The second-order valence-corrected chi connectivity index (χ2v) is 4.46. The molecule has 0 atom stereocenters. The lowest BCUT2D eigenvalue weighted by atomic mass is 10.3. The first kappa shape index (κ1) is 10.2. The number of anilines is 1. The van der Waals surface area contributed by atoms with Gasteiger partial charge in [-0.1, -0.05) is 6.92 Å². The van der Waals surface area contributed by atoms with Gasteiger partial charge in [0.05, 0.1) is 4.88 Å². The highest BCUT2D eigenvalue weighted by Gasteiger charge is 2.16. The molecule has 0 fully saturated rings. The van der Waals surface area contributed by atoms with Crippen molar-refractivity contribution in [1.29, 1.82) is 0 Å². The monoisotopic (exact) mass is 225 g/mol. The summed E-state index contributed by atoms with van der Waals surface area (Å²) in [5, 5.41) is 4.05. The van der Waals surface area contributed by atoms with Gasteiger partial charge in [-0.3, -0.25) is 0 Å². The molecule has 0 saturated heterocycles. The lowest BCUT2D eigenvalue weighted by Crippen LogP contribution is -1.97. The highest BCUT2D eigenvalue weighted by atomic mass is 32.1. The minimum atomic E-state index is -0.429. The Morgan fingerprint density at radius 1 is 1.53 bits per heavy atom.